The van der Waals surface area contributed by atoms with Gasteiger partial charge in [-0.25, -0.2) is 0 Å². The molecule has 0 aliphatic carbocycles. The lowest BCUT2D eigenvalue weighted by molar-refractivity contribution is 1.07. The maximum absolute atomic E-state index is 6.90. The monoisotopic (exact) mass is 488 g/mol. The van der Waals surface area contributed by atoms with Crippen LogP contribution in [-0.4, -0.2) is 9.13 Å². The zero-order chi connectivity index (χ0) is 26.5. The molecule has 4 N–H and O–H groups in total. The molecule has 0 bridgehead atoms. The topological polar surface area (TPSA) is 61.9 Å². The van der Waals surface area contributed by atoms with E-state index in [1.165, 1.54) is 5.56 Å². The number of rotatable bonds is 3. The number of nitrogens with two attached hydrogens (primary N) is 2. The maximum Gasteiger partial charge on any atom is 0.0964 e. The lowest BCUT2D eigenvalue weighted by atomic mass is 10.1. The number of aromatic nitrogens is 2. The predicted octanol–water partition coefficient (Wildman–Crippen LogP) is 8.77. The van der Waals surface area contributed by atoms with Crippen LogP contribution in [0.5, 0.6) is 0 Å². The van der Waals surface area contributed by atoms with Crippen molar-refractivity contribution in [3.05, 3.63) is 109 Å². The fraction of sp³-hybridized carbons (Fsp3) is 0.152. The molecular weight excluding hydrogens is 452 g/mol. The van der Waals surface area contributed by atoms with Crippen molar-refractivity contribution in [1.82, 2.24) is 9.13 Å². The molecule has 0 atom stereocenters. The third kappa shape index (κ3) is 4.36. The quantitative estimate of drug-likeness (QED) is 0.261. The van der Waals surface area contributed by atoms with Crippen molar-refractivity contribution in [3.8, 4) is 22.8 Å². The first-order chi connectivity index (χ1) is 18.1. The third-order valence-electron chi connectivity index (χ3n) is 6.33. The predicted molar refractivity (Wildman–Crippen MR) is 162 cm³/mol. The minimum absolute atomic E-state index is 0.720. The summed E-state index contributed by atoms with van der Waals surface area (Å²) in [6.45, 7) is 10.1. The molecule has 0 fully saturated rings. The highest BCUT2D eigenvalue weighted by Crippen LogP contribution is 2.45. The van der Waals surface area contributed by atoms with Crippen molar-refractivity contribution < 1.29 is 0 Å². The van der Waals surface area contributed by atoms with Crippen LogP contribution >= 0.6 is 0 Å². The number of hydrogen-bond donors (Lipinski definition) is 2. The van der Waals surface area contributed by atoms with Gasteiger partial charge in [0.15, 0.2) is 0 Å². The van der Waals surface area contributed by atoms with Crippen LogP contribution in [0.3, 0.4) is 0 Å². The average molecular weight is 489 g/mol. The molecular formula is C33H36N4. The Morgan fingerprint density at radius 2 is 0.919 bits per heavy atom. The Bertz CT molecular complexity index is 1640. The highest BCUT2D eigenvalue weighted by Gasteiger charge is 2.25. The van der Waals surface area contributed by atoms with Gasteiger partial charge in [0.1, 0.15) is 0 Å². The second kappa shape index (κ2) is 11.1. The minimum atomic E-state index is 0.720. The van der Waals surface area contributed by atoms with Gasteiger partial charge in [0.2, 0.25) is 0 Å². The summed E-state index contributed by atoms with van der Waals surface area (Å²) in [7, 11) is 0. The number of aryl methyl sites for hydroxylation is 1. The Labute approximate surface area is 219 Å². The van der Waals surface area contributed by atoms with Crippen LogP contribution in [0.15, 0.2) is 103 Å². The van der Waals surface area contributed by atoms with Crippen molar-refractivity contribution in [2.45, 2.75) is 34.6 Å². The molecule has 4 aromatic carbocycles. The van der Waals surface area contributed by atoms with Crippen LogP contribution in [0.1, 0.15) is 33.3 Å². The van der Waals surface area contributed by atoms with Crippen molar-refractivity contribution >= 4 is 33.2 Å². The summed E-state index contributed by atoms with van der Waals surface area (Å²) in [6.07, 6.45) is 0. The summed E-state index contributed by atoms with van der Waals surface area (Å²) in [6, 6.07) is 35.3. The largest absolute Gasteiger partial charge is 0.396 e. The molecule has 0 amide bonds. The van der Waals surface area contributed by atoms with Crippen molar-refractivity contribution in [2.75, 3.05) is 11.5 Å². The molecule has 6 rings (SSSR count). The van der Waals surface area contributed by atoms with E-state index < -0.39 is 0 Å². The lowest BCUT2D eigenvalue weighted by Crippen LogP contribution is -2.05. The highest BCUT2D eigenvalue weighted by molar-refractivity contribution is 6.09. The van der Waals surface area contributed by atoms with E-state index in [1.807, 2.05) is 70.2 Å². The summed E-state index contributed by atoms with van der Waals surface area (Å²) in [4.78, 5) is 0. The number of fused-ring (bicyclic) bond motifs is 2. The van der Waals surface area contributed by atoms with Crippen LogP contribution in [0.4, 0.5) is 11.4 Å². The van der Waals surface area contributed by atoms with Gasteiger partial charge in [0.25, 0.3) is 0 Å². The number of nitrogen functional groups attached to an aromatic ring is 2. The SMILES string of the molecule is CC.CC.Cc1cccc(-n2c(-c3c(N)c4ccccc4n3-c3ccccc3)c(N)c3ccccc32)c1. The van der Waals surface area contributed by atoms with Gasteiger partial charge in [-0.05, 0) is 48.9 Å². The average Bonchev–Trinajstić information content (AvgIpc) is 3.42. The Balaban J connectivity index is 0.000000765. The molecule has 0 radical (unpaired) electrons. The van der Waals surface area contributed by atoms with E-state index in [-0.39, 0.29) is 0 Å². The van der Waals surface area contributed by atoms with Gasteiger partial charge in [-0.2, -0.15) is 0 Å². The summed E-state index contributed by atoms with van der Waals surface area (Å²) in [5.41, 5.74) is 22.4. The van der Waals surface area contributed by atoms with Gasteiger partial charge in [-0.3, -0.25) is 0 Å². The number of para-hydroxylation sites is 3. The fourth-order valence-corrected chi connectivity index (χ4v) is 4.88. The summed E-state index contributed by atoms with van der Waals surface area (Å²) in [5, 5.41) is 2.02. The second-order valence-electron chi connectivity index (χ2n) is 8.40. The number of anilines is 2. The van der Waals surface area contributed by atoms with Gasteiger partial charge in [-0.1, -0.05) is 94.4 Å². The molecule has 0 saturated heterocycles. The lowest BCUT2D eigenvalue weighted by Gasteiger charge is -2.16. The van der Waals surface area contributed by atoms with E-state index in [1.54, 1.807) is 0 Å². The molecule has 0 aliphatic rings. The molecule has 0 aliphatic heterocycles. The van der Waals surface area contributed by atoms with Crippen molar-refractivity contribution in [3.63, 3.8) is 0 Å². The Morgan fingerprint density at radius 3 is 1.43 bits per heavy atom. The van der Waals surface area contributed by atoms with Crippen LogP contribution in [0.25, 0.3) is 44.6 Å². The van der Waals surface area contributed by atoms with Gasteiger partial charge >= 0.3 is 0 Å². The molecule has 4 nitrogen and oxygen atoms in total. The zero-order valence-electron chi connectivity index (χ0n) is 22.4. The first kappa shape index (κ1) is 25.6. The normalized spacial score (nSPS) is 10.5. The fourth-order valence-electron chi connectivity index (χ4n) is 4.88. The third-order valence-corrected chi connectivity index (χ3v) is 6.33. The Hall–Kier alpha value is -4.44. The van der Waals surface area contributed by atoms with E-state index >= 15 is 0 Å². The van der Waals surface area contributed by atoms with Crippen molar-refractivity contribution in [1.29, 1.82) is 0 Å². The number of hydrogen-bond acceptors (Lipinski definition) is 2. The van der Waals surface area contributed by atoms with Gasteiger partial charge in [0.05, 0.1) is 33.8 Å². The van der Waals surface area contributed by atoms with E-state index in [0.29, 0.717) is 0 Å². The standard InChI is InChI=1S/C29H24N4.2C2H6/c1-19-10-9-13-21(18-19)33-25-17-8-6-15-23(25)27(31)29(33)28-26(30)22-14-5-7-16-24(22)32(28)20-11-3-2-4-12-20;2*1-2/h2-18H,30-31H2,1H3;2*1-2H3. The van der Waals surface area contributed by atoms with E-state index in [2.05, 4.69) is 76.7 Å². The molecule has 4 heteroatoms. The van der Waals surface area contributed by atoms with Crippen LogP contribution in [0, 0.1) is 6.92 Å². The molecule has 0 unspecified atom stereocenters. The number of nitrogens with zero attached hydrogens (tertiary/aromatic N) is 2. The van der Waals surface area contributed by atoms with E-state index in [9.17, 15) is 0 Å². The summed E-state index contributed by atoms with van der Waals surface area (Å²) >= 11 is 0. The molecule has 0 spiro atoms. The van der Waals surface area contributed by atoms with Crippen LogP contribution in [-0.2, 0) is 0 Å². The molecule has 2 heterocycles. The van der Waals surface area contributed by atoms with Crippen molar-refractivity contribution in [2.24, 2.45) is 0 Å². The van der Waals surface area contributed by atoms with Crippen LogP contribution in [0.2, 0.25) is 0 Å². The first-order valence-corrected chi connectivity index (χ1v) is 13.1. The van der Waals surface area contributed by atoms with Crippen LogP contribution < -0.4 is 11.5 Å². The minimum Gasteiger partial charge on any atom is -0.396 e. The summed E-state index contributed by atoms with van der Waals surface area (Å²) in [5.74, 6) is 0. The molecule has 6 aromatic rings. The van der Waals surface area contributed by atoms with E-state index in [0.717, 1.165) is 55.9 Å². The second-order valence-corrected chi connectivity index (χ2v) is 8.40. The number of benzene rings is 4. The smallest absolute Gasteiger partial charge is 0.0964 e. The highest BCUT2D eigenvalue weighted by atomic mass is 15.1. The molecule has 188 valence electrons. The molecule has 0 saturated carbocycles. The Morgan fingerprint density at radius 1 is 0.486 bits per heavy atom. The van der Waals surface area contributed by atoms with Gasteiger partial charge in [-0.15, -0.1) is 0 Å². The first-order valence-electron chi connectivity index (χ1n) is 13.1. The maximum atomic E-state index is 6.90. The zero-order valence-corrected chi connectivity index (χ0v) is 22.4. The molecule has 37 heavy (non-hydrogen) atoms. The molecule has 2 aromatic heterocycles. The summed E-state index contributed by atoms with van der Waals surface area (Å²) < 4.78 is 4.46. The van der Waals surface area contributed by atoms with Gasteiger partial charge < -0.3 is 20.6 Å². The van der Waals surface area contributed by atoms with Gasteiger partial charge in [0, 0.05) is 22.1 Å². The van der Waals surface area contributed by atoms with E-state index in [4.69, 9.17) is 11.5 Å². The Kier molecular flexibility index (Phi) is 7.69.